The number of hydrogen-bond acceptors (Lipinski definition) is 3. The number of nitrogens with one attached hydrogen (secondary N) is 1. The predicted molar refractivity (Wildman–Crippen MR) is 126 cm³/mol. The van der Waals surface area contributed by atoms with Crippen molar-refractivity contribution in [2.75, 3.05) is 12.0 Å². The van der Waals surface area contributed by atoms with Crippen LogP contribution in [0.15, 0.2) is 72.8 Å². The number of aryl methyl sites for hydroxylation is 1. The number of carbonyl (C=O) groups excluding carboxylic acids is 2. The number of carbonyl (C=O) groups is 2. The smallest absolute Gasteiger partial charge is 0.258 e. The minimum absolute atomic E-state index is 0.00639. The van der Waals surface area contributed by atoms with E-state index in [2.05, 4.69) is 18.3 Å². The lowest BCUT2D eigenvalue weighted by Gasteiger charge is -2.23. The first-order valence-electron chi connectivity index (χ1n) is 10.9. The molecule has 0 unspecified atom stereocenters. The molecule has 32 heavy (non-hydrogen) atoms. The van der Waals surface area contributed by atoms with Crippen molar-refractivity contribution >= 4 is 17.5 Å². The molecule has 0 aromatic heterocycles. The Balaban J connectivity index is 1.38. The fourth-order valence-corrected chi connectivity index (χ4v) is 4.13. The topological polar surface area (TPSA) is 58.6 Å². The second-order valence-corrected chi connectivity index (χ2v) is 8.18. The fraction of sp³-hybridized carbons (Fsp3) is 0.259. The summed E-state index contributed by atoms with van der Waals surface area (Å²) in [5.74, 6) is 0.827. The van der Waals surface area contributed by atoms with Gasteiger partial charge in [0.2, 0.25) is 5.91 Å². The summed E-state index contributed by atoms with van der Waals surface area (Å²) in [6.07, 6.45) is 1.94. The summed E-state index contributed by atoms with van der Waals surface area (Å²) in [5.41, 5.74) is 4.88. The van der Waals surface area contributed by atoms with Gasteiger partial charge in [0.15, 0.2) is 0 Å². The van der Waals surface area contributed by atoms with E-state index in [1.165, 1.54) is 0 Å². The molecule has 0 radical (unpaired) electrons. The van der Waals surface area contributed by atoms with Crippen molar-refractivity contribution in [2.45, 2.75) is 38.8 Å². The lowest BCUT2D eigenvalue weighted by atomic mass is 10.1. The van der Waals surface area contributed by atoms with Crippen molar-refractivity contribution in [3.8, 4) is 5.75 Å². The zero-order valence-electron chi connectivity index (χ0n) is 18.5. The largest absolute Gasteiger partial charge is 0.497 e. The summed E-state index contributed by atoms with van der Waals surface area (Å²) in [5, 5.41) is 3.00. The quantitative estimate of drug-likeness (QED) is 0.601. The molecule has 1 aliphatic rings. The molecule has 0 bridgehead atoms. The van der Waals surface area contributed by atoms with Gasteiger partial charge in [-0.05, 0) is 66.8 Å². The Morgan fingerprint density at radius 1 is 1.00 bits per heavy atom. The van der Waals surface area contributed by atoms with Crippen LogP contribution >= 0.6 is 0 Å². The second-order valence-electron chi connectivity index (χ2n) is 8.18. The molecule has 1 N–H and O–H groups in total. The van der Waals surface area contributed by atoms with Crippen LogP contribution in [0.4, 0.5) is 5.69 Å². The number of hydrogen-bond donors (Lipinski definition) is 1. The van der Waals surface area contributed by atoms with Gasteiger partial charge in [0.05, 0.1) is 7.11 Å². The molecule has 0 saturated carbocycles. The minimum Gasteiger partial charge on any atom is -0.497 e. The molecule has 5 heteroatoms. The molecule has 0 saturated heterocycles. The summed E-state index contributed by atoms with van der Waals surface area (Å²) in [7, 11) is 1.64. The molecule has 3 aromatic carbocycles. The molecular weight excluding hydrogens is 400 g/mol. The Morgan fingerprint density at radius 2 is 1.72 bits per heavy atom. The minimum atomic E-state index is 0.00639. The Morgan fingerprint density at radius 3 is 2.44 bits per heavy atom. The van der Waals surface area contributed by atoms with Crippen LogP contribution in [0.3, 0.4) is 0 Å². The molecule has 0 fully saturated rings. The van der Waals surface area contributed by atoms with Crippen LogP contribution in [0.25, 0.3) is 0 Å². The van der Waals surface area contributed by atoms with Gasteiger partial charge in [-0.15, -0.1) is 0 Å². The summed E-state index contributed by atoms with van der Waals surface area (Å²) >= 11 is 0. The Bertz CT molecular complexity index is 1090. The molecule has 3 aromatic rings. The summed E-state index contributed by atoms with van der Waals surface area (Å²) < 4.78 is 5.16. The average Bonchev–Trinajstić information content (AvgIpc) is 3.16. The third-order valence-electron chi connectivity index (χ3n) is 5.89. The van der Waals surface area contributed by atoms with E-state index in [0.29, 0.717) is 24.9 Å². The van der Waals surface area contributed by atoms with E-state index in [4.69, 9.17) is 4.74 Å². The molecule has 0 aliphatic carbocycles. The monoisotopic (exact) mass is 428 g/mol. The lowest BCUT2D eigenvalue weighted by molar-refractivity contribution is -0.121. The molecule has 164 valence electrons. The number of amides is 2. The van der Waals surface area contributed by atoms with E-state index in [0.717, 1.165) is 34.5 Å². The van der Waals surface area contributed by atoms with Gasteiger partial charge in [-0.3, -0.25) is 9.59 Å². The van der Waals surface area contributed by atoms with Crippen molar-refractivity contribution in [1.29, 1.82) is 0 Å². The molecule has 1 heterocycles. The first-order chi connectivity index (χ1) is 15.5. The van der Waals surface area contributed by atoms with Crippen LogP contribution in [-0.4, -0.2) is 25.0 Å². The van der Waals surface area contributed by atoms with Gasteiger partial charge < -0.3 is 15.0 Å². The van der Waals surface area contributed by atoms with Gasteiger partial charge in [0, 0.05) is 30.3 Å². The van der Waals surface area contributed by atoms with Crippen LogP contribution in [0.2, 0.25) is 0 Å². The SMILES string of the molecule is COc1ccc(CCC(=O)NCc2ccc3c(c2)N(C(=O)c2ccccc2)[C@@H](C)C3)cc1. The van der Waals surface area contributed by atoms with Crippen molar-refractivity contribution in [3.05, 3.63) is 95.1 Å². The maximum absolute atomic E-state index is 13.1. The van der Waals surface area contributed by atoms with Gasteiger partial charge in [-0.2, -0.15) is 0 Å². The fourth-order valence-electron chi connectivity index (χ4n) is 4.13. The molecule has 2 amide bonds. The molecule has 0 spiro atoms. The van der Waals surface area contributed by atoms with E-state index in [-0.39, 0.29) is 17.9 Å². The predicted octanol–water partition coefficient (Wildman–Crippen LogP) is 4.54. The van der Waals surface area contributed by atoms with Gasteiger partial charge in [0.25, 0.3) is 5.91 Å². The number of anilines is 1. The number of rotatable bonds is 7. The first kappa shape index (κ1) is 21.6. The van der Waals surface area contributed by atoms with E-state index >= 15 is 0 Å². The zero-order chi connectivity index (χ0) is 22.5. The Labute approximate surface area is 189 Å². The second kappa shape index (κ2) is 9.69. The van der Waals surface area contributed by atoms with Gasteiger partial charge in [-0.25, -0.2) is 0 Å². The van der Waals surface area contributed by atoms with Crippen molar-refractivity contribution in [3.63, 3.8) is 0 Å². The summed E-state index contributed by atoms with van der Waals surface area (Å²) in [6, 6.07) is 23.4. The third kappa shape index (κ3) is 4.83. The molecule has 1 atom stereocenters. The van der Waals surface area contributed by atoms with Crippen molar-refractivity contribution < 1.29 is 14.3 Å². The number of ether oxygens (including phenoxy) is 1. The summed E-state index contributed by atoms with van der Waals surface area (Å²) in [4.78, 5) is 27.3. The Hall–Kier alpha value is -3.60. The Kier molecular flexibility index (Phi) is 6.55. The number of fused-ring (bicyclic) bond motifs is 1. The standard InChI is InChI=1S/C27H28N2O3/c1-19-16-23-12-8-21(17-25(23)29(19)27(31)22-6-4-3-5-7-22)18-28-26(30)15-11-20-9-13-24(32-2)14-10-20/h3-10,12-14,17,19H,11,15-16,18H2,1-2H3,(H,28,30)/t19-/m0/s1. The van der Waals surface area contributed by atoms with Gasteiger partial charge in [-0.1, -0.05) is 42.5 Å². The molecule has 1 aliphatic heterocycles. The normalized spacial score (nSPS) is 14.7. The zero-order valence-corrected chi connectivity index (χ0v) is 18.5. The van der Waals surface area contributed by atoms with Gasteiger partial charge in [0.1, 0.15) is 5.75 Å². The van der Waals surface area contributed by atoms with Crippen LogP contribution in [-0.2, 0) is 24.2 Å². The average molecular weight is 429 g/mol. The highest BCUT2D eigenvalue weighted by atomic mass is 16.5. The highest BCUT2D eigenvalue weighted by molar-refractivity contribution is 6.07. The van der Waals surface area contributed by atoms with Crippen LogP contribution in [0.1, 0.15) is 40.4 Å². The third-order valence-corrected chi connectivity index (χ3v) is 5.89. The van der Waals surface area contributed by atoms with Crippen LogP contribution < -0.4 is 15.0 Å². The van der Waals surface area contributed by atoms with E-state index < -0.39 is 0 Å². The van der Waals surface area contributed by atoms with E-state index in [1.807, 2.05) is 71.6 Å². The van der Waals surface area contributed by atoms with Crippen LogP contribution in [0.5, 0.6) is 5.75 Å². The maximum Gasteiger partial charge on any atom is 0.258 e. The van der Waals surface area contributed by atoms with E-state index in [1.54, 1.807) is 7.11 Å². The molecular formula is C27H28N2O3. The highest BCUT2D eigenvalue weighted by Gasteiger charge is 2.31. The van der Waals surface area contributed by atoms with Gasteiger partial charge >= 0.3 is 0 Å². The number of methoxy groups -OCH3 is 1. The first-order valence-corrected chi connectivity index (χ1v) is 10.9. The summed E-state index contributed by atoms with van der Waals surface area (Å²) in [6.45, 7) is 2.51. The number of nitrogens with zero attached hydrogens (tertiary/aromatic N) is 1. The van der Waals surface area contributed by atoms with E-state index in [9.17, 15) is 9.59 Å². The molecule has 4 rings (SSSR count). The van der Waals surface area contributed by atoms with Crippen LogP contribution in [0, 0.1) is 0 Å². The van der Waals surface area contributed by atoms with Crippen molar-refractivity contribution in [2.24, 2.45) is 0 Å². The highest BCUT2D eigenvalue weighted by Crippen LogP contribution is 2.34. The lowest BCUT2D eigenvalue weighted by Crippen LogP contribution is -2.35. The maximum atomic E-state index is 13.1. The van der Waals surface area contributed by atoms with Crippen molar-refractivity contribution in [1.82, 2.24) is 5.32 Å². The number of benzene rings is 3. The molecule has 5 nitrogen and oxygen atoms in total.